The summed E-state index contributed by atoms with van der Waals surface area (Å²) in [4.78, 5) is 20.8. The van der Waals surface area contributed by atoms with Crippen LogP contribution in [0.1, 0.15) is 49.9 Å². The first kappa shape index (κ1) is 38.1. The van der Waals surface area contributed by atoms with Crippen molar-refractivity contribution in [3.63, 3.8) is 0 Å². The predicted molar refractivity (Wildman–Crippen MR) is 190 cm³/mol. The van der Waals surface area contributed by atoms with E-state index in [0.717, 1.165) is 47.0 Å². The third-order valence-corrected chi connectivity index (χ3v) is 7.45. The van der Waals surface area contributed by atoms with Gasteiger partial charge in [-0.3, -0.25) is 0 Å². The average Bonchev–Trinajstić information content (AvgIpc) is 3.94. The Hall–Kier alpha value is -4.33. The van der Waals surface area contributed by atoms with E-state index < -0.39 is 0 Å². The number of halogens is 1. The van der Waals surface area contributed by atoms with Gasteiger partial charge in [0.05, 0.1) is 25.0 Å². The number of imidazole rings is 2. The summed E-state index contributed by atoms with van der Waals surface area (Å²) in [5.74, 6) is 1.68. The summed E-state index contributed by atoms with van der Waals surface area (Å²) in [5.41, 5.74) is 4.50. The van der Waals surface area contributed by atoms with Crippen molar-refractivity contribution in [1.29, 1.82) is 0 Å². The molecule has 6 heterocycles. The fourth-order valence-electron chi connectivity index (χ4n) is 4.73. The molecule has 257 valence electrons. The van der Waals surface area contributed by atoms with Crippen molar-refractivity contribution in [3.8, 4) is 11.6 Å². The molecule has 0 aliphatic rings. The average molecular weight is 849 g/mol. The molecular formula is C34H46ClN12Os. The summed E-state index contributed by atoms with van der Waals surface area (Å²) in [5, 5.41) is 8.44. The van der Waals surface area contributed by atoms with Crippen molar-refractivity contribution >= 4 is 21.0 Å². The van der Waals surface area contributed by atoms with E-state index in [1.165, 1.54) is 17.6 Å². The van der Waals surface area contributed by atoms with Gasteiger partial charge in [0.25, 0.3) is 0 Å². The van der Waals surface area contributed by atoms with E-state index in [2.05, 4.69) is 62.8 Å². The van der Waals surface area contributed by atoms with Gasteiger partial charge in [-0.2, -0.15) is 10.2 Å². The van der Waals surface area contributed by atoms with Crippen molar-refractivity contribution in [2.75, 3.05) is 38.0 Å². The molecular weight excluding hydrogens is 802 g/mol. The van der Waals surface area contributed by atoms with Crippen LogP contribution < -0.4 is 9.80 Å². The second-order valence-corrected chi connectivity index (χ2v) is 11.6. The van der Waals surface area contributed by atoms with Gasteiger partial charge in [0, 0.05) is 113 Å². The maximum atomic E-state index is 4.67. The Morgan fingerprint density at radius 3 is 1.54 bits per heavy atom. The fourth-order valence-corrected chi connectivity index (χ4v) is 4.73. The molecule has 0 amide bonds. The van der Waals surface area contributed by atoms with E-state index in [9.17, 15) is 0 Å². The molecule has 14 heteroatoms. The molecule has 0 spiro atoms. The summed E-state index contributed by atoms with van der Waals surface area (Å²) in [7, 11) is 12.7. The van der Waals surface area contributed by atoms with Crippen LogP contribution in [0.3, 0.4) is 0 Å². The molecule has 2 unspecified atom stereocenters. The molecule has 6 rings (SSSR count). The van der Waals surface area contributed by atoms with Crippen LogP contribution in [0.2, 0.25) is 0 Å². The van der Waals surface area contributed by atoms with Crippen molar-refractivity contribution in [1.82, 2.24) is 48.6 Å². The minimum absolute atomic E-state index is 0.467. The quantitative estimate of drug-likeness (QED) is 0.160. The van der Waals surface area contributed by atoms with E-state index in [1.807, 2.05) is 138 Å². The first-order chi connectivity index (χ1) is 23.1. The van der Waals surface area contributed by atoms with Gasteiger partial charge in [0.15, 0.2) is 11.6 Å². The van der Waals surface area contributed by atoms with Crippen molar-refractivity contribution < 1.29 is 17.6 Å². The van der Waals surface area contributed by atoms with Gasteiger partial charge < -0.3 is 18.9 Å². The third-order valence-electron chi connectivity index (χ3n) is 7.45. The van der Waals surface area contributed by atoms with Gasteiger partial charge in [-0.25, -0.2) is 29.3 Å². The number of hydrogen-bond acceptors (Lipinski definition) is 8. The Morgan fingerprint density at radius 1 is 0.729 bits per heavy atom. The number of rotatable bonds is 9. The van der Waals surface area contributed by atoms with Crippen LogP contribution >= 0.6 is 9.64 Å². The van der Waals surface area contributed by atoms with Crippen LogP contribution in [-0.4, -0.2) is 76.8 Å². The number of aryl methyl sites for hydroxylation is 2. The molecule has 48 heavy (non-hydrogen) atoms. The molecule has 0 aromatic carbocycles. The minimum atomic E-state index is 0.467. The molecule has 6 aromatic rings. The second kappa shape index (κ2) is 19.5. The van der Waals surface area contributed by atoms with E-state index in [1.54, 1.807) is 21.8 Å². The summed E-state index contributed by atoms with van der Waals surface area (Å²) in [6, 6.07) is 8.94. The van der Waals surface area contributed by atoms with Gasteiger partial charge in [-0.1, -0.05) is 6.92 Å². The van der Waals surface area contributed by atoms with Crippen LogP contribution in [0.25, 0.3) is 11.6 Å². The zero-order valence-electron chi connectivity index (χ0n) is 28.9. The fraction of sp³-hybridized carbons (Fsp3) is 0.353. The first-order valence-corrected chi connectivity index (χ1v) is 18.7. The number of aromatic nitrogens is 10. The third kappa shape index (κ3) is 11.4. The Bertz CT molecular complexity index is 1640. The zero-order chi connectivity index (χ0) is 35.1. The summed E-state index contributed by atoms with van der Waals surface area (Å²) in [6.45, 7) is 8.46. The SMILES string of the molecule is CCC(CC(C)n1ccnc1)n1ccnc1.Cc1cnn(-c2cc(N(C)C)ccn2)c1.Cc1cnn(-c2cc(N(C)C)ccn2)c1.[Cl][Os]. The summed E-state index contributed by atoms with van der Waals surface area (Å²) in [6.07, 6.45) is 24.9. The number of pyridine rings is 2. The molecule has 0 saturated carbocycles. The molecule has 2 atom stereocenters. The topological polar surface area (TPSA) is 104 Å². The van der Waals surface area contributed by atoms with Crippen molar-refractivity contribution in [2.45, 2.75) is 52.6 Å². The molecule has 0 fully saturated rings. The molecule has 0 bridgehead atoms. The standard InChI is InChI=1S/C12H18N4.2C11H14N4.ClH.Os/c1-3-12(16-7-5-14-10-16)8-11(2)15-6-4-13-9-15;2*1-9-7-13-15(8-9)11-6-10(14(2)3)4-5-12-11;;/h4-7,9-12H,3,8H2,1-2H3;2*4-8H,1-3H3;1H;/q;;;;+1/p-1. The maximum absolute atomic E-state index is 4.67. The zero-order valence-corrected chi connectivity index (χ0v) is 32.2. The van der Waals surface area contributed by atoms with Gasteiger partial charge >= 0.3 is 27.2 Å². The number of hydrogen-bond donors (Lipinski definition) is 0. The van der Waals surface area contributed by atoms with Crippen LogP contribution in [0.5, 0.6) is 0 Å². The molecule has 0 saturated heterocycles. The van der Waals surface area contributed by atoms with Crippen LogP contribution in [0.15, 0.2) is 98.9 Å². The first-order valence-electron chi connectivity index (χ1n) is 15.5. The Labute approximate surface area is 298 Å². The van der Waals surface area contributed by atoms with Gasteiger partial charge in [0.1, 0.15) is 0 Å². The van der Waals surface area contributed by atoms with Gasteiger partial charge in [-0.05, 0) is 56.9 Å². The van der Waals surface area contributed by atoms with E-state index in [4.69, 9.17) is 0 Å². The predicted octanol–water partition coefficient (Wildman–Crippen LogP) is 6.65. The monoisotopic (exact) mass is 849 g/mol. The van der Waals surface area contributed by atoms with Gasteiger partial charge in [0.2, 0.25) is 0 Å². The molecule has 6 aromatic heterocycles. The molecule has 0 N–H and O–H groups in total. The van der Waals surface area contributed by atoms with E-state index in [0.29, 0.717) is 12.1 Å². The Kier molecular flexibility index (Phi) is 15.5. The normalized spacial score (nSPS) is 11.5. The second-order valence-electron chi connectivity index (χ2n) is 11.6. The van der Waals surface area contributed by atoms with Crippen molar-refractivity contribution in [2.24, 2.45) is 0 Å². The molecule has 0 aliphatic heterocycles. The molecule has 0 aliphatic carbocycles. The molecule has 0 radical (unpaired) electrons. The van der Waals surface area contributed by atoms with Crippen molar-refractivity contribution in [3.05, 3.63) is 110 Å². The van der Waals surface area contributed by atoms with E-state index >= 15 is 0 Å². The number of nitrogens with zero attached hydrogens (tertiary/aromatic N) is 12. The van der Waals surface area contributed by atoms with E-state index in [-0.39, 0.29) is 0 Å². The Morgan fingerprint density at radius 2 is 1.19 bits per heavy atom. The Balaban J connectivity index is 0.000000190. The van der Waals surface area contributed by atoms with Crippen LogP contribution in [-0.2, 0) is 17.6 Å². The van der Waals surface area contributed by atoms with Crippen LogP contribution in [0, 0.1) is 13.8 Å². The van der Waals surface area contributed by atoms with Gasteiger partial charge in [-0.15, -0.1) is 0 Å². The number of anilines is 2. The van der Waals surface area contributed by atoms with Crippen LogP contribution in [0.4, 0.5) is 11.4 Å². The molecule has 12 nitrogen and oxygen atoms in total. The summed E-state index contributed by atoms with van der Waals surface area (Å²) < 4.78 is 7.90. The summed E-state index contributed by atoms with van der Waals surface area (Å²) >= 11 is 1.33.